The highest BCUT2D eigenvalue weighted by atomic mass is 35.5. The molecule has 0 spiro atoms. The number of hydrogen-bond acceptors (Lipinski definition) is 3. The Kier molecular flexibility index (Phi) is 2.95. The quantitative estimate of drug-likeness (QED) is 0.701. The largest absolute Gasteiger partial charge is 0.434 e. The van der Waals surface area contributed by atoms with Crippen molar-refractivity contribution in [3.8, 4) is 6.07 Å². The minimum absolute atomic E-state index is 0.249. The number of nitrogens with zero attached hydrogens (tertiary/aromatic N) is 2. The number of carbonyl (C=O) groups excluding carboxylic acids is 1. The Morgan fingerprint density at radius 1 is 1.53 bits per heavy atom. The van der Waals surface area contributed by atoms with Crippen LogP contribution < -0.4 is 0 Å². The van der Waals surface area contributed by atoms with Crippen LogP contribution in [0.5, 0.6) is 0 Å². The van der Waals surface area contributed by atoms with Gasteiger partial charge in [0.25, 0.3) is 5.24 Å². The lowest BCUT2D eigenvalue weighted by Crippen LogP contribution is -2.11. The normalized spacial score (nSPS) is 10.9. The number of hydrogen-bond donors (Lipinski definition) is 0. The summed E-state index contributed by atoms with van der Waals surface area (Å²) in [7, 11) is 0. The number of carbonyl (C=O) groups is 1. The number of rotatable bonds is 1. The molecular formula is C8H2ClF3N2O. The van der Waals surface area contributed by atoms with Gasteiger partial charge < -0.3 is 0 Å². The Balaban J connectivity index is 3.36. The van der Waals surface area contributed by atoms with Crippen LogP contribution in [-0.4, -0.2) is 10.2 Å². The fourth-order valence-corrected chi connectivity index (χ4v) is 0.987. The molecule has 0 saturated carbocycles. The van der Waals surface area contributed by atoms with Gasteiger partial charge in [0.2, 0.25) is 0 Å². The van der Waals surface area contributed by atoms with Gasteiger partial charge in [0.15, 0.2) is 5.69 Å². The summed E-state index contributed by atoms with van der Waals surface area (Å²) in [4.78, 5) is 13.6. The van der Waals surface area contributed by atoms with E-state index in [2.05, 4.69) is 4.98 Å². The molecule has 0 aliphatic rings. The maximum absolute atomic E-state index is 12.2. The standard InChI is InChI=1S/C8H2ClF3N2O/c9-7(15)5-1-4(2-13)6(14-3-5)8(10,11)12/h1,3H. The van der Waals surface area contributed by atoms with Crippen LogP contribution in [0.4, 0.5) is 13.2 Å². The molecule has 15 heavy (non-hydrogen) atoms. The van der Waals surface area contributed by atoms with E-state index in [0.717, 1.165) is 6.07 Å². The molecule has 0 unspecified atom stereocenters. The first-order chi connectivity index (χ1) is 6.86. The van der Waals surface area contributed by atoms with E-state index in [0.29, 0.717) is 6.20 Å². The highest BCUT2D eigenvalue weighted by Gasteiger charge is 2.35. The highest BCUT2D eigenvalue weighted by molar-refractivity contribution is 6.67. The molecule has 0 bridgehead atoms. The lowest BCUT2D eigenvalue weighted by atomic mass is 10.1. The lowest BCUT2D eigenvalue weighted by molar-refractivity contribution is -0.141. The second-order valence-corrected chi connectivity index (χ2v) is 2.85. The van der Waals surface area contributed by atoms with E-state index in [4.69, 9.17) is 16.9 Å². The molecular weight excluding hydrogens is 233 g/mol. The molecule has 0 atom stereocenters. The van der Waals surface area contributed by atoms with Gasteiger partial charge in [-0.2, -0.15) is 18.4 Å². The second-order valence-electron chi connectivity index (χ2n) is 2.50. The van der Waals surface area contributed by atoms with Crippen LogP contribution in [0.15, 0.2) is 12.3 Å². The van der Waals surface area contributed by atoms with Crippen molar-refractivity contribution in [1.82, 2.24) is 4.98 Å². The summed E-state index contributed by atoms with van der Waals surface area (Å²) < 4.78 is 36.7. The summed E-state index contributed by atoms with van der Waals surface area (Å²) in [6, 6.07) is 2.06. The first kappa shape index (κ1) is 11.5. The molecule has 0 fully saturated rings. The average Bonchev–Trinajstić information content (AvgIpc) is 2.15. The molecule has 78 valence electrons. The molecule has 0 saturated heterocycles. The van der Waals surface area contributed by atoms with E-state index in [1.165, 1.54) is 6.07 Å². The van der Waals surface area contributed by atoms with Crippen molar-refractivity contribution in [2.45, 2.75) is 6.18 Å². The molecule has 0 aliphatic heterocycles. The fourth-order valence-electron chi connectivity index (χ4n) is 0.883. The maximum atomic E-state index is 12.2. The summed E-state index contributed by atoms with van der Waals surface area (Å²) in [6.07, 6.45) is -4.04. The molecule has 1 rings (SSSR count). The van der Waals surface area contributed by atoms with Crippen molar-refractivity contribution in [3.05, 3.63) is 29.1 Å². The Labute approximate surface area is 87.1 Å². The third kappa shape index (κ3) is 2.44. The van der Waals surface area contributed by atoms with Gasteiger partial charge >= 0.3 is 6.18 Å². The lowest BCUT2D eigenvalue weighted by Gasteiger charge is -2.07. The predicted octanol–water partition coefficient (Wildman–Crippen LogP) is 2.35. The Hall–Kier alpha value is -1.61. The first-order valence-corrected chi connectivity index (χ1v) is 3.91. The molecule has 7 heteroatoms. The molecule has 0 N–H and O–H groups in total. The van der Waals surface area contributed by atoms with Crippen LogP contribution >= 0.6 is 11.6 Å². The summed E-state index contributed by atoms with van der Waals surface area (Å²) in [5.74, 6) is 0. The van der Waals surface area contributed by atoms with E-state index in [1.54, 1.807) is 0 Å². The topological polar surface area (TPSA) is 53.8 Å². The summed E-state index contributed by atoms with van der Waals surface area (Å²) in [5, 5.41) is 7.48. The number of halogens is 4. The Bertz CT molecular complexity index is 450. The van der Waals surface area contributed by atoms with Crippen molar-refractivity contribution in [3.63, 3.8) is 0 Å². The Morgan fingerprint density at radius 3 is 2.53 bits per heavy atom. The maximum Gasteiger partial charge on any atom is 0.434 e. The van der Waals surface area contributed by atoms with Gasteiger partial charge in [0.05, 0.1) is 11.1 Å². The number of alkyl halides is 3. The minimum atomic E-state index is -4.72. The number of nitriles is 1. The van der Waals surface area contributed by atoms with Crippen LogP contribution in [0.25, 0.3) is 0 Å². The van der Waals surface area contributed by atoms with Gasteiger partial charge in [-0.05, 0) is 17.7 Å². The third-order valence-corrected chi connectivity index (χ3v) is 1.72. The van der Waals surface area contributed by atoms with E-state index < -0.39 is 22.7 Å². The van der Waals surface area contributed by atoms with Crippen LogP contribution in [0.3, 0.4) is 0 Å². The van der Waals surface area contributed by atoms with Gasteiger partial charge in [-0.15, -0.1) is 0 Å². The zero-order valence-corrected chi connectivity index (χ0v) is 7.73. The minimum Gasteiger partial charge on any atom is -0.276 e. The van der Waals surface area contributed by atoms with Crippen molar-refractivity contribution >= 4 is 16.8 Å². The van der Waals surface area contributed by atoms with Gasteiger partial charge in [0, 0.05) is 6.20 Å². The smallest absolute Gasteiger partial charge is 0.276 e. The molecule has 1 aromatic heterocycles. The zero-order valence-electron chi connectivity index (χ0n) is 6.97. The summed E-state index contributed by atoms with van der Waals surface area (Å²) in [5.41, 5.74) is -2.30. The van der Waals surface area contributed by atoms with Gasteiger partial charge in [0.1, 0.15) is 6.07 Å². The molecule has 3 nitrogen and oxygen atoms in total. The summed E-state index contributed by atoms with van der Waals surface area (Å²) >= 11 is 5.03. The Morgan fingerprint density at radius 2 is 2.13 bits per heavy atom. The van der Waals surface area contributed by atoms with E-state index in [-0.39, 0.29) is 5.56 Å². The molecule has 0 amide bonds. The van der Waals surface area contributed by atoms with Crippen molar-refractivity contribution in [2.75, 3.05) is 0 Å². The van der Waals surface area contributed by atoms with Crippen LogP contribution in [0.2, 0.25) is 0 Å². The predicted molar refractivity (Wildman–Crippen MR) is 44.1 cm³/mol. The first-order valence-electron chi connectivity index (χ1n) is 3.53. The van der Waals surface area contributed by atoms with Crippen LogP contribution in [0, 0.1) is 11.3 Å². The van der Waals surface area contributed by atoms with E-state index in [1.807, 2.05) is 0 Å². The van der Waals surface area contributed by atoms with Gasteiger partial charge in [-0.25, -0.2) is 4.98 Å². The average molecular weight is 235 g/mol. The molecule has 0 aromatic carbocycles. The van der Waals surface area contributed by atoms with Crippen LogP contribution in [0.1, 0.15) is 21.6 Å². The van der Waals surface area contributed by atoms with E-state index in [9.17, 15) is 18.0 Å². The molecule has 1 aromatic rings. The third-order valence-electron chi connectivity index (χ3n) is 1.50. The zero-order chi connectivity index (χ0) is 11.6. The number of pyridine rings is 1. The van der Waals surface area contributed by atoms with Crippen LogP contribution in [-0.2, 0) is 6.18 Å². The summed E-state index contributed by atoms with van der Waals surface area (Å²) in [6.45, 7) is 0. The van der Waals surface area contributed by atoms with E-state index >= 15 is 0 Å². The molecule has 0 radical (unpaired) electrons. The van der Waals surface area contributed by atoms with Gasteiger partial charge in [-0.1, -0.05) is 0 Å². The number of aromatic nitrogens is 1. The van der Waals surface area contributed by atoms with Gasteiger partial charge in [-0.3, -0.25) is 4.79 Å². The van der Waals surface area contributed by atoms with Crippen molar-refractivity contribution in [1.29, 1.82) is 5.26 Å². The monoisotopic (exact) mass is 234 g/mol. The van der Waals surface area contributed by atoms with Crippen molar-refractivity contribution < 1.29 is 18.0 Å². The second kappa shape index (κ2) is 3.87. The fraction of sp³-hybridized carbons (Fsp3) is 0.125. The molecule has 1 heterocycles. The highest BCUT2D eigenvalue weighted by Crippen LogP contribution is 2.30. The molecule has 0 aliphatic carbocycles. The SMILES string of the molecule is N#Cc1cc(C(=O)Cl)cnc1C(F)(F)F. The van der Waals surface area contributed by atoms with Crippen molar-refractivity contribution in [2.24, 2.45) is 0 Å².